The molecule has 0 atom stereocenters. The highest BCUT2D eigenvalue weighted by Crippen LogP contribution is 2.34. The number of hydrogen-bond donors (Lipinski definition) is 0. The van der Waals surface area contributed by atoms with Crippen LogP contribution < -0.4 is 20.7 Å². The average Bonchev–Trinajstić information content (AvgIpc) is 3.22. The lowest BCUT2D eigenvalue weighted by Crippen LogP contribution is -2.76. The van der Waals surface area contributed by atoms with E-state index in [0.29, 0.717) is 0 Å². The van der Waals surface area contributed by atoms with Crippen LogP contribution in [0.2, 0.25) is 0 Å². The average molecular weight is 425 g/mol. The smallest absolute Gasteiger partial charge is 0.186 e. The summed E-state index contributed by atoms with van der Waals surface area (Å²) in [4.78, 5) is 5.01. The van der Waals surface area contributed by atoms with Crippen LogP contribution in [0.5, 0.6) is 0 Å². The lowest BCUT2D eigenvalue weighted by molar-refractivity contribution is 1.09. The van der Waals surface area contributed by atoms with Crippen molar-refractivity contribution in [1.29, 1.82) is 0 Å². The third kappa shape index (κ3) is 2.11. The van der Waals surface area contributed by atoms with E-state index in [2.05, 4.69) is 120 Å². The Bertz CT molecular complexity index is 1580. The first kappa shape index (κ1) is 17.7. The molecule has 0 fully saturated rings. The molecule has 0 amide bonds. The van der Waals surface area contributed by atoms with Gasteiger partial charge < -0.3 is 0 Å². The van der Waals surface area contributed by atoms with Crippen LogP contribution in [-0.2, 0) is 0 Å². The Labute approximate surface area is 187 Å². The zero-order chi connectivity index (χ0) is 21.1. The Morgan fingerprint density at radius 3 is 1.91 bits per heavy atom. The predicted molar refractivity (Wildman–Crippen MR) is 136 cm³/mol. The van der Waals surface area contributed by atoms with Crippen molar-refractivity contribution in [1.82, 2.24) is 9.55 Å². The molecule has 0 saturated heterocycles. The summed E-state index contributed by atoms with van der Waals surface area (Å²) in [5.74, 6) is 1.07. The molecule has 3 heteroatoms. The van der Waals surface area contributed by atoms with Gasteiger partial charge in [0.1, 0.15) is 5.82 Å². The molecule has 3 heterocycles. The summed E-state index contributed by atoms with van der Waals surface area (Å²) in [5, 5.41) is 8.15. The quantitative estimate of drug-likeness (QED) is 0.385. The maximum absolute atomic E-state index is 5.01. The highest BCUT2D eigenvalue weighted by Gasteiger charge is 2.48. The zero-order valence-electron chi connectivity index (χ0n) is 17.4. The lowest BCUT2D eigenvalue weighted by Gasteiger charge is -2.39. The highest BCUT2D eigenvalue weighted by atomic mass is 28.3. The Morgan fingerprint density at radius 2 is 1.16 bits per heavy atom. The van der Waals surface area contributed by atoms with Crippen molar-refractivity contribution in [3.05, 3.63) is 121 Å². The van der Waals surface area contributed by atoms with Crippen LogP contribution in [0.25, 0.3) is 27.6 Å². The van der Waals surface area contributed by atoms with Crippen molar-refractivity contribution >= 4 is 50.6 Å². The summed E-state index contributed by atoms with van der Waals surface area (Å²) in [5.41, 5.74) is 2.53. The summed E-state index contributed by atoms with van der Waals surface area (Å²) in [6.07, 6.45) is 1.93. The number of hydrogen-bond acceptors (Lipinski definition) is 1. The summed E-state index contributed by atoms with van der Waals surface area (Å²) < 4.78 is 2.40. The van der Waals surface area contributed by atoms with Crippen LogP contribution in [0.15, 0.2) is 121 Å². The van der Waals surface area contributed by atoms with Crippen molar-refractivity contribution < 1.29 is 0 Å². The van der Waals surface area contributed by atoms with E-state index in [1.165, 1.54) is 42.6 Å². The Morgan fingerprint density at radius 1 is 0.531 bits per heavy atom. The SMILES string of the molecule is c1ccc([Si]2(c3ccccc3)c3cccnc3-n3c4ccccc4c4cccc2c43)cc1. The van der Waals surface area contributed by atoms with Gasteiger partial charge in [-0.15, -0.1) is 0 Å². The van der Waals surface area contributed by atoms with Crippen LogP contribution >= 0.6 is 0 Å². The maximum Gasteiger partial charge on any atom is 0.186 e. The lowest BCUT2D eigenvalue weighted by atomic mass is 10.1. The Kier molecular flexibility index (Phi) is 3.61. The van der Waals surface area contributed by atoms with Crippen LogP contribution in [0.1, 0.15) is 0 Å². The van der Waals surface area contributed by atoms with Gasteiger partial charge in [0.2, 0.25) is 0 Å². The second-order valence-corrected chi connectivity index (χ2v) is 12.1. The van der Waals surface area contributed by atoms with Crippen molar-refractivity contribution in [2.75, 3.05) is 0 Å². The van der Waals surface area contributed by atoms with Gasteiger partial charge in [-0.3, -0.25) is 4.57 Å². The van der Waals surface area contributed by atoms with E-state index >= 15 is 0 Å². The van der Waals surface area contributed by atoms with Gasteiger partial charge >= 0.3 is 0 Å². The number of nitrogens with zero attached hydrogens (tertiary/aromatic N) is 2. The van der Waals surface area contributed by atoms with Crippen molar-refractivity contribution in [2.45, 2.75) is 0 Å². The van der Waals surface area contributed by atoms with E-state index in [9.17, 15) is 0 Å². The fourth-order valence-corrected chi connectivity index (χ4v) is 10.8. The first-order chi connectivity index (χ1) is 15.9. The van der Waals surface area contributed by atoms with Gasteiger partial charge in [0.25, 0.3) is 0 Å². The molecule has 0 unspecified atom stereocenters. The maximum atomic E-state index is 5.01. The van der Waals surface area contributed by atoms with Crippen molar-refractivity contribution in [2.24, 2.45) is 0 Å². The molecule has 2 nitrogen and oxygen atoms in total. The molecular formula is C29H20N2Si. The number of rotatable bonds is 2. The van der Waals surface area contributed by atoms with Gasteiger partial charge in [-0.1, -0.05) is 103 Å². The minimum Gasteiger partial charge on any atom is -0.294 e. The molecule has 2 aromatic heterocycles. The Hall–Kier alpha value is -3.95. The first-order valence-electron chi connectivity index (χ1n) is 11.0. The second kappa shape index (κ2) is 6.52. The van der Waals surface area contributed by atoms with Gasteiger partial charge in [-0.2, -0.15) is 0 Å². The predicted octanol–water partition coefficient (Wildman–Crippen LogP) is 3.87. The molecule has 0 bridgehead atoms. The molecule has 1 aliphatic heterocycles. The third-order valence-electron chi connectivity index (χ3n) is 6.91. The van der Waals surface area contributed by atoms with Crippen LogP contribution in [0, 0.1) is 0 Å². The summed E-state index contributed by atoms with van der Waals surface area (Å²) in [7, 11) is -2.55. The van der Waals surface area contributed by atoms with Gasteiger partial charge in [-0.25, -0.2) is 4.98 Å². The molecule has 0 N–H and O–H groups in total. The second-order valence-electron chi connectivity index (χ2n) is 8.41. The topological polar surface area (TPSA) is 17.8 Å². The van der Waals surface area contributed by atoms with E-state index < -0.39 is 8.07 Å². The molecule has 0 aliphatic carbocycles. The number of fused-ring (bicyclic) bond motifs is 5. The third-order valence-corrected chi connectivity index (χ3v) is 11.7. The summed E-state index contributed by atoms with van der Waals surface area (Å²) in [6, 6.07) is 42.2. The van der Waals surface area contributed by atoms with E-state index in [4.69, 9.17) is 4.98 Å². The molecule has 32 heavy (non-hydrogen) atoms. The van der Waals surface area contributed by atoms with Crippen molar-refractivity contribution in [3.8, 4) is 5.82 Å². The highest BCUT2D eigenvalue weighted by molar-refractivity contribution is 7.21. The fourth-order valence-electron chi connectivity index (χ4n) is 5.72. The molecule has 150 valence electrons. The van der Waals surface area contributed by atoms with E-state index in [1.807, 2.05) is 6.20 Å². The van der Waals surface area contributed by atoms with Crippen LogP contribution in [0.4, 0.5) is 0 Å². The van der Waals surface area contributed by atoms with Gasteiger partial charge in [0, 0.05) is 17.0 Å². The normalized spacial score (nSPS) is 13.9. The van der Waals surface area contributed by atoms with Crippen molar-refractivity contribution in [3.63, 3.8) is 0 Å². The van der Waals surface area contributed by atoms with Gasteiger partial charge in [0.15, 0.2) is 8.07 Å². The van der Waals surface area contributed by atoms with E-state index in [0.717, 1.165) is 5.82 Å². The monoisotopic (exact) mass is 424 g/mol. The number of benzene rings is 4. The van der Waals surface area contributed by atoms with Crippen LogP contribution in [0.3, 0.4) is 0 Å². The van der Waals surface area contributed by atoms with E-state index in [1.54, 1.807) is 0 Å². The molecular weight excluding hydrogens is 404 g/mol. The number of aromatic nitrogens is 2. The number of pyridine rings is 1. The van der Waals surface area contributed by atoms with Gasteiger partial charge in [0.05, 0.1) is 11.0 Å². The van der Waals surface area contributed by atoms with E-state index in [-0.39, 0.29) is 0 Å². The molecule has 6 aromatic rings. The van der Waals surface area contributed by atoms with Gasteiger partial charge in [-0.05, 0) is 32.9 Å². The molecule has 4 aromatic carbocycles. The molecule has 0 radical (unpaired) electrons. The Balaban J connectivity index is 1.79. The molecule has 0 saturated carbocycles. The fraction of sp³-hybridized carbons (Fsp3) is 0. The molecule has 1 aliphatic rings. The largest absolute Gasteiger partial charge is 0.294 e. The van der Waals surface area contributed by atoms with Crippen LogP contribution in [-0.4, -0.2) is 17.6 Å². The summed E-state index contributed by atoms with van der Waals surface area (Å²) in [6.45, 7) is 0. The minimum atomic E-state index is -2.55. The standard InChI is InChI=1S/C29H20N2Si/c1-3-11-21(12-4-1)32(22-13-5-2-6-14-22)26-18-9-16-24-23-15-7-8-17-25(23)31(28(24)26)29-27(32)19-10-20-30-29/h1-20H. The number of para-hydroxylation sites is 2. The molecule has 0 spiro atoms. The summed E-state index contributed by atoms with van der Waals surface area (Å²) >= 11 is 0. The first-order valence-corrected chi connectivity index (χ1v) is 13.0. The zero-order valence-corrected chi connectivity index (χ0v) is 18.4. The minimum absolute atomic E-state index is 1.07. The molecule has 7 rings (SSSR count).